The third-order valence-corrected chi connectivity index (χ3v) is 9.81. The van der Waals surface area contributed by atoms with Crippen molar-refractivity contribution >= 4 is 32.2 Å². The molecule has 2 aliphatic carbocycles. The van der Waals surface area contributed by atoms with Crippen LogP contribution in [0.5, 0.6) is 0 Å². The Morgan fingerprint density at radius 1 is 1.08 bits per heavy atom. The van der Waals surface area contributed by atoms with Crippen molar-refractivity contribution in [3.63, 3.8) is 0 Å². The second-order valence-electron chi connectivity index (χ2n) is 10.7. The van der Waals surface area contributed by atoms with Crippen LogP contribution in [-0.2, 0) is 6.18 Å². The van der Waals surface area contributed by atoms with Crippen molar-refractivity contribution in [1.82, 2.24) is 15.0 Å². The van der Waals surface area contributed by atoms with Gasteiger partial charge in [0.15, 0.2) is 5.13 Å². The molecule has 0 bridgehead atoms. The standard InChI is InChI=1S/C25H32F3N5O3S/c1-30(18-5-9-24(10-6-18)7-3-2-4-8-24)32-13-11-31(12-14-32)23-29-22(34)19-15-17(25(26,27)28)16-20(33(35)36)21(19)37-23/h15-16,18H,2-14H2,1H3. The molecule has 37 heavy (non-hydrogen) atoms. The van der Waals surface area contributed by atoms with E-state index in [0.717, 1.165) is 11.3 Å². The summed E-state index contributed by atoms with van der Waals surface area (Å²) in [4.78, 5) is 29.3. The van der Waals surface area contributed by atoms with E-state index in [9.17, 15) is 28.1 Å². The van der Waals surface area contributed by atoms with E-state index in [-0.39, 0.29) is 10.1 Å². The average molecular weight is 540 g/mol. The smallest absolute Gasteiger partial charge is 0.345 e. The third-order valence-electron chi connectivity index (χ3n) is 8.65. The van der Waals surface area contributed by atoms with Crippen LogP contribution in [0.2, 0.25) is 0 Å². The highest BCUT2D eigenvalue weighted by Gasteiger charge is 2.38. The van der Waals surface area contributed by atoms with Gasteiger partial charge in [0.1, 0.15) is 4.70 Å². The highest BCUT2D eigenvalue weighted by atomic mass is 32.1. The van der Waals surface area contributed by atoms with Crippen molar-refractivity contribution in [1.29, 1.82) is 0 Å². The first kappa shape index (κ1) is 26.3. The molecular formula is C25H32F3N5O3S. The van der Waals surface area contributed by atoms with Crippen LogP contribution >= 0.6 is 11.3 Å². The number of nitro benzene ring substituents is 1. The molecule has 3 fully saturated rings. The maximum Gasteiger partial charge on any atom is 0.416 e. The molecule has 2 saturated carbocycles. The van der Waals surface area contributed by atoms with E-state index in [2.05, 4.69) is 22.0 Å². The van der Waals surface area contributed by atoms with Crippen molar-refractivity contribution in [2.24, 2.45) is 5.41 Å². The first-order valence-corrected chi connectivity index (χ1v) is 13.8. The third kappa shape index (κ3) is 5.33. The Hall–Kier alpha value is -2.31. The summed E-state index contributed by atoms with van der Waals surface area (Å²) in [5.74, 6) is 0. The molecule has 12 heteroatoms. The Kier molecular flexibility index (Phi) is 7.18. The van der Waals surface area contributed by atoms with Gasteiger partial charge in [0, 0.05) is 45.3 Å². The van der Waals surface area contributed by atoms with Gasteiger partial charge in [0.05, 0.1) is 15.9 Å². The first-order chi connectivity index (χ1) is 17.6. The number of nitrogens with zero attached hydrogens (tertiary/aromatic N) is 5. The van der Waals surface area contributed by atoms with Crippen LogP contribution < -0.4 is 10.5 Å². The van der Waals surface area contributed by atoms with E-state index in [1.807, 2.05) is 4.90 Å². The van der Waals surface area contributed by atoms with E-state index in [1.165, 1.54) is 57.8 Å². The van der Waals surface area contributed by atoms with Crippen molar-refractivity contribution in [3.05, 3.63) is 38.2 Å². The van der Waals surface area contributed by atoms with Crippen molar-refractivity contribution in [2.45, 2.75) is 70.0 Å². The van der Waals surface area contributed by atoms with Gasteiger partial charge in [-0.1, -0.05) is 30.6 Å². The number of nitro groups is 1. The van der Waals surface area contributed by atoms with Gasteiger partial charge in [-0.25, -0.2) is 10.0 Å². The van der Waals surface area contributed by atoms with Gasteiger partial charge < -0.3 is 4.90 Å². The van der Waals surface area contributed by atoms with Crippen molar-refractivity contribution < 1.29 is 18.1 Å². The number of hydrogen-bond acceptors (Lipinski definition) is 8. The summed E-state index contributed by atoms with van der Waals surface area (Å²) in [7, 11) is 2.15. The number of hydrazine groups is 1. The lowest BCUT2D eigenvalue weighted by Gasteiger charge is -2.48. The molecule has 0 amide bonds. The summed E-state index contributed by atoms with van der Waals surface area (Å²) in [5.41, 5.74) is -2.26. The Morgan fingerprint density at radius 2 is 1.73 bits per heavy atom. The van der Waals surface area contributed by atoms with E-state index in [0.29, 0.717) is 54.9 Å². The fraction of sp³-hybridized carbons (Fsp3) is 0.680. The molecule has 0 N–H and O–H groups in total. The number of piperazine rings is 1. The number of hydrogen-bond donors (Lipinski definition) is 0. The molecular weight excluding hydrogens is 507 g/mol. The number of aromatic nitrogens is 1. The van der Waals surface area contributed by atoms with Crippen molar-refractivity contribution in [2.75, 3.05) is 38.1 Å². The van der Waals surface area contributed by atoms with Crippen LogP contribution in [0.3, 0.4) is 0 Å². The Labute approximate surface area is 217 Å². The summed E-state index contributed by atoms with van der Waals surface area (Å²) in [6, 6.07) is 1.67. The fourth-order valence-corrected chi connectivity index (χ4v) is 7.52. The molecule has 1 aromatic heterocycles. The van der Waals surface area contributed by atoms with Gasteiger partial charge in [0.25, 0.3) is 11.2 Å². The van der Waals surface area contributed by atoms with Gasteiger partial charge in [-0.2, -0.15) is 18.2 Å². The lowest BCUT2D eigenvalue weighted by atomic mass is 9.64. The zero-order valence-electron chi connectivity index (χ0n) is 20.9. The SMILES string of the molecule is CN(C1CCC2(CCCCC2)CC1)N1CCN(c2nc(=O)c3cc(C(F)(F)F)cc([N+](=O)[O-])c3s2)CC1. The summed E-state index contributed by atoms with van der Waals surface area (Å²) in [6.45, 7) is 2.58. The van der Waals surface area contributed by atoms with E-state index < -0.39 is 27.9 Å². The number of halogens is 3. The zero-order valence-corrected chi connectivity index (χ0v) is 21.7. The molecule has 2 heterocycles. The predicted octanol–water partition coefficient (Wildman–Crippen LogP) is 5.45. The van der Waals surface area contributed by atoms with Crippen LogP contribution in [0.15, 0.2) is 16.9 Å². The number of anilines is 1. The minimum Gasteiger partial charge on any atom is -0.345 e. The molecule has 0 radical (unpaired) electrons. The molecule has 0 unspecified atom stereocenters. The maximum atomic E-state index is 13.2. The monoisotopic (exact) mass is 539 g/mol. The van der Waals surface area contributed by atoms with Crippen LogP contribution in [0, 0.1) is 15.5 Å². The Bertz CT molecular complexity index is 1210. The highest BCUT2D eigenvalue weighted by molar-refractivity contribution is 7.22. The molecule has 8 nitrogen and oxygen atoms in total. The van der Waals surface area contributed by atoms with Crippen LogP contribution in [0.4, 0.5) is 24.0 Å². The van der Waals surface area contributed by atoms with Gasteiger partial charge in [0.2, 0.25) is 0 Å². The molecule has 1 spiro atoms. The number of benzene rings is 1. The minimum atomic E-state index is -4.80. The lowest BCUT2D eigenvalue weighted by molar-refractivity contribution is -0.383. The first-order valence-electron chi connectivity index (χ1n) is 13.0. The van der Waals surface area contributed by atoms with Crippen molar-refractivity contribution in [3.8, 4) is 0 Å². The largest absolute Gasteiger partial charge is 0.416 e. The molecule has 1 saturated heterocycles. The molecule has 1 aliphatic heterocycles. The number of non-ortho nitro benzene ring substituents is 1. The van der Waals surface area contributed by atoms with Crippen LogP contribution in [0.1, 0.15) is 63.4 Å². The lowest BCUT2D eigenvalue weighted by Crippen LogP contribution is -2.56. The summed E-state index contributed by atoms with van der Waals surface area (Å²) >= 11 is 0.906. The normalized spacial score (nSPS) is 21.7. The average Bonchev–Trinajstić information content (AvgIpc) is 2.88. The number of alkyl halides is 3. The maximum absolute atomic E-state index is 13.2. The zero-order chi connectivity index (χ0) is 26.4. The topological polar surface area (TPSA) is 82.8 Å². The Balaban J connectivity index is 1.28. The second kappa shape index (κ2) is 10.1. The molecule has 1 aromatic carbocycles. The predicted molar refractivity (Wildman–Crippen MR) is 137 cm³/mol. The van der Waals surface area contributed by atoms with Gasteiger partial charge in [-0.3, -0.25) is 14.9 Å². The van der Waals surface area contributed by atoms with E-state index >= 15 is 0 Å². The van der Waals surface area contributed by atoms with Crippen LogP contribution in [-0.4, -0.2) is 59.2 Å². The van der Waals surface area contributed by atoms with E-state index in [4.69, 9.17) is 0 Å². The number of fused-ring (bicyclic) bond motifs is 1. The van der Waals surface area contributed by atoms with Gasteiger partial charge in [-0.15, -0.1) is 0 Å². The molecule has 3 aliphatic rings. The van der Waals surface area contributed by atoms with E-state index in [1.54, 1.807) is 0 Å². The molecule has 5 rings (SSSR count). The molecule has 0 atom stereocenters. The second-order valence-corrected chi connectivity index (χ2v) is 11.7. The molecule has 202 valence electrons. The summed E-state index contributed by atoms with van der Waals surface area (Å²) < 4.78 is 39.6. The van der Waals surface area contributed by atoms with Gasteiger partial charge >= 0.3 is 6.18 Å². The number of rotatable bonds is 4. The summed E-state index contributed by atoms with van der Waals surface area (Å²) in [6.07, 6.45) is 7.05. The summed E-state index contributed by atoms with van der Waals surface area (Å²) in [5, 5.41) is 16.2. The Morgan fingerprint density at radius 3 is 2.32 bits per heavy atom. The fourth-order valence-electron chi connectivity index (χ4n) is 6.40. The highest BCUT2D eigenvalue weighted by Crippen LogP contribution is 2.48. The minimum absolute atomic E-state index is 0.0774. The molecule has 2 aromatic rings. The van der Waals surface area contributed by atoms with Gasteiger partial charge in [-0.05, 0) is 50.0 Å². The quantitative estimate of drug-likeness (QED) is 0.378. The van der Waals surface area contributed by atoms with Crippen LogP contribution in [0.25, 0.3) is 10.1 Å².